The minimum Gasteiger partial charge on any atom is -0.462 e. The van der Waals surface area contributed by atoms with Gasteiger partial charge in [-0.1, -0.05) is 23.4 Å². The molecule has 0 radical (unpaired) electrons. The number of thiophene rings is 1. The first kappa shape index (κ1) is 23.4. The lowest BCUT2D eigenvalue weighted by Gasteiger charge is -2.08. The second-order valence-corrected chi connectivity index (χ2v) is 9.01. The molecule has 2 aromatic heterocycles. The van der Waals surface area contributed by atoms with Crippen molar-refractivity contribution >= 4 is 56.7 Å². The molecule has 3 aromatic rings. The number of fused-ring (bicyclic) bond motifs is 1. The van der Waals surface area contributed by atoms with Gasteiger partial charge in [-0.15, -0.1) is 11.3 Å². The molecule has 0 atom stereocenters. The fourth-order valence-electron chi connectivity index (χ4n) is 3.15. The molecule has 32 heavy (non-hydrogen) atoms. The van der Waals surface area contributed by atoms with E-state index in [0.29, 0.717) is 21.0 Å². The molecule has 1 aromatic carbocycles. The van der Waals surface area contributed by atoms with Crippen LogP contribution < -0.4 is 5.32 Å². The number of carbonyl (C=O) groups is 3. The number of esters is 1. The van der Waals surface area contributed by atoms with Gasteiger partial charge in [0.05, 0.1) is 33.9 Å². The van der Waals surface area contributed by atoms with Crippen LogP contribution in [0.15, 0.2) is 29.3 Å². The summed E-state index contributed by atoms with van der Waals surface area (Å²) < 4.78 is 5.09. The number of nitrogens with zero attached hydrogens (tertiary/aromatic N) is 2. The fourth-order valence-corrected chi connectivity index (χ4v) is 5.02. The third-order valence-corrected chi connectivity index (χ3v) is 6.89. The Hall–Kier alpha value is -3.22. The van der Waals surface area contributed by atoms with Crippen molar-refractivity contribution in [3.05, 3.63) is 51.4 Å². The van der Waals surface area contributed by atoms with Crippen molar-refractivity contribution in [2.75, 3.05) is 17.7 Å². The summed E-state index contributed by atoms with van der Waals surface area (Å²) in [6, 6.07) is 9.65. The molecule has 0 saturated carbocycles. The smallest absolute Gasteiger partial charge is 0.341 e. The highest BCUT2D eigenvalue weighted by molar-refractivity contribution is 8.00. The van der Waals surface area contributed by atoms with E-state index < -0.39 is 5.97 Å². The van der Waals surface area contributed by atoms with Gasteiger partial charge in [0.1, 0.15) is 16.1 Å². The number of amides is 1. The molecule has 0 aliphatic heterocycles. The lowest BCUT2D eigenvalue weighted by atomic mass is 10.1. The summed E-state index contributed by atoms with van der Waals surface area (Å²) in [5.74, 6) is -1.18. The Kier molecular flexibility index (Phi) is 7.28. The van der Waals surface area contributed by atoms with E-state index >= 15 is 0 Å². The number of Topliss-reactive ketones (excluding diaryl/α,β-unsaturated/α-hetero) is 1. The van der Waals surface area contributed by atoms with E-state index in [1.165, 1.54) is 6.92 Å². The van der Waals surface area contributed by atoms with Gasteiger partial charge >= 0.3 is 5.97 Å². The molecule has 0 spiro atoms. The normalized spacial score (nSPS) is 10.6. The highest BCUT2D eigenvalue weighted by atomic mass is 32.2. The Labute approximate surface area is 193 Å². The highest BCUT2D eigenvalue weighted by Gasteiger charge is 2.25. The number of ketones is 1. The number of aromatic nitrogens is 1. The lowest BCUT2D eigenvalue weighted by molar-refractivity contribution is -0.113. The van der Waals surface area contributed by atoms with Crippen molar-refractivity contribution < 1.29 is 19.1 Å². The number of ether oxygens (including phenoxy) is 1. The van der Waals surface area contributed by atoms with Crippen molar-refractivity contribution in [1.29, 1.82) is 5.26 Å². The van der Waals surface area contributed by atoms with E-state index in [1.807, 2.05) is 25.1 Å². The molecule has 164 valence electrons. The van der Waals surface area contributed by atoms with Gasteiger partial charge in [-0.2, -0.15) is 5.26 Å². The molecule has 0 unspecified atom stereocenters. The highest BCUT2D eigenvalue weighted by Crippen LogP contribution is 2.34. The van der Waals surface area contributed by atoms with Gasteiger partial charge in [-0.05, 0) is 51.5 Å². The van der Waals surface area contributed by atoms with Crippen LogP contribution in [0.5, 0.6) is 0 Å². The lowest BCUT2D eigenvalue weighted by Crippen LogP contribution is -2.16. The summed E-state index contributed by atoms with van der Waals surface area (Å²) in [5, 5.41) is 13.8. The van der Waals surface area contributed by atoms with E-state index in [1.54, 1.807) is 19.9 Å². The van der Waals surface area contributed by atoms with Crippen LogP contribution in [0.3, 0.4) is 0 Å². The summed E-state index contributed by atoms with van der Waals surface area (Å²) >= 11 is 2.19. The number of nitrogens with one attached hydrogen (secondary N) is 1. The van der Waals surface area contributed by atoms with E-state index in [9.17, 15) is 19.6 Å². The minimum atomic E-state index is -0.588. The topological polar surface area (TPSA) is 109 Å². The first-order valence-electron chi connectivity index (χ1n) is 9.80. The quantitative estimate of drug-likeness (QED) is 0.299. The largest absolute Gasteiger partial charge is 0.462 e. The molecular formula is C23H21N3O4S2. The van der Waals surface area contributed by atoms with Crippen LogP contribution in [0.2, 0.25) is 0 Å². The number of hydrogen-bond donors (Lipinski definition) is 1. The number of carbonyl (C=O) groups excluding carboxylic acids is 3. The summed E-state index contributed by atoms with van der Waals surface area (Å²) in [7, 11) is 0. The predicted molar refractivity (Wildman–Crippen MR) is 126 cm³/mol. The van der Waals surface area contributed by atoms with Crippen LogP contribution in [-0.4, -0.2) is 35.0 Å². The molecule has 9 heteroatoms. The summed E-state index contributed by atoms with van der Waals surface area (Å²) in [6.45, 7) is 6.89. The molecule has 0 aliphatic rings. The molecule has 0 fully saturated rings. The SMILES string of the molecule is CCOC(=O)c1c(NC(=O)CSc2nc3ccc(C)cc3cc2C#N)sc(C(C)=O)c1C. The second kappa shape index (κ2) is 9.94. The van der Waals surface area contributed by atoms with Crippen LogP contribution in [0.1, 0.15) is 50.6 Å². The zero-order valence-electron chi connectivity index (χ0n) is 18.1. The van der Waals surface area contributed by atoms with Gasteiger partial charge in [-0.3, -0.25) is 9.59 Å². The number of hydrogen-bond acceptors (Lipinski definition) is 8. The number of aryl methyl sites for hydroxylation is 1. The maximum absolute atomic E-state index is 12.6. The number of benzene rings is 1. The Morgan fingerprint density at radius 1 is 1.25 bits per heavy atom. The maximum Gasteiger partial charge on any atom is 0.341 e. The Morgan fingerprint density at radius 3 is 2.66 bits per heavy atom. The van der Waals surface area contributed by atoms with Crippen LogP contribution in [0, 0.1) is 25.2 Å². The monoisotopic (exact) mass is 467 g/mol. The molecule has 0 aliphatic carbocycles. The van der Waals surface area contributed by atoms with Gasteiger partial charge < -0.3 is 10.1 Å². The van der Waals surface area contributed by atoms with Crippen molar-refractivity contribution in [2.24, 2.45) is 0 Å². The Bertz CT molecular complexity index is 1270. The second-order valence-electron chi connectivity index (χ2n) is 7.02. The van der Waals surface area contributed by atoms with Gasteiger partial charge in [0.15, 0.2) is 5.78 Å². The average Bonchev–Trinajstić information content (AvgIpc) is 3.07. The van der Waals surface area contributed by atoms with Gasteiger partial charge in [0, 0.05) is 5.39 Å². The first-order valence-corrected chi connectivity index (χ1v) is 11.6. The molecule has 3 rings (SSSR count). The summed E-state index contributed by atoms with van der Waals surface area (Å²) in [6.07, 6.45) is 0. The summed E-state index contributed by atoms with van der Waals surface area (Å²) in [4.78, 5) is 41.9. The molecule has 2 heterocycles. The van der Waals surface area contributed by atoms with Gasteiger partial charge in [-0.25, -0.2) is 9.78 Å². The maximum atomic E-state index is 12.6. The van der Waals surface area contributed by atoms with Gasteiger partial charge in [0.2, 0.25) is 5.91 Å². The number of nitriles is 1. The number of anilines is 1. The zero-order valence-corrected chi connectivity index (χ0v) is 19.7. The zero-order chi connectivity index (χ0) is 23.4. The van der Waals surface area contributed by atoms with Crippen molar-refractivity contribution in [3.63, 3.8) is 0 Å². The standard InChI is InChI=1S/C23H21N3O4S2/c1-5-30-23(29)19-13(3)20(14(4)27)32-22(19)26-18(28)11-31-21-16(10-24)9-15-8-12(2)6-7-17(15)25-21/h6-9H,5,11H2,1-4H3,(H,26,28). The van der Waals surface area contributed by atoms with E-state index in [-0.39, 0.29) is 34.6 Å². The molecular weight excluding hydrogens is 446 g/mol. The third-order valence-electron chi connectivity index (χ3n) is 4.59. The fraction of sp³-hybridized carbons (Fsp3) is 0.261. The molecule has 0 saturated heterocycles. The van der Waals surface area contributed by atoms with Crippen LogP contribution in [0.25, 0.3) is 10.9 Å². The number of pyridine rings is 1. The van der Waals surface area contributed by atoms with Crippen LogP contribution >= 0.6 is 23.1 Å². The van der Waals surface area contributed by atoms with Crippen LogP contribution in [-0.2, 0) is 9.53 Å². The number of rotatable bonds is 7. The first-order chi connectivity index (χ1) is 15.2. The van der Waals surface area contributed by atoms with Crippen molar-refractivity contribution in [2.45, 2.75) is 32.7 Å². The van der Waals surface area contributed by atoms with Gasteiger partial charge in [0.25, 0.3) is 0 Å². The Balaban J connectivity index is 1.82. The van der Waals surface area contributed by atoms with E-state index in [2.05, 4.69) is 16.4 Å². The molecule has 0 bridgehead atoms. The Morgan fingerprint density at radius 2 is 2.00 bits per heavy atom. The molecule has 1 amide bonds. The van der Waals surface area contributed by atoms with E-state index in [4.69, 9.17) is 4.74 Å². The van der Waals surface area contributed by atoms with Crippen LogP contribution in [0.4, 0.5) is 5.00 Å². The summed E-state index contributed by atoms with van der Waals surface area (Å²) in [5.41, 5.74) is 2.87. The third kappa shape index (κ3) is 4.98. The number of thioether (sulfide) groups is 1. The molecule has 1 N–H and O–H groups in total. The van der Waals surface area contributed by atoms with Crippen molar-refractivity contribution in [1.82, 2.24) is 4.98 Å². The minimum absolute atomic E-state index is 0.0202. The van der Waals surface area contributed by atoms with Crippen molar-refractivity contribution in [3.8, 4) is 6.07 Å². The molecule has 7 nitrogen and oxygen atoms in total. The predicted octanol–water partition coefficient (Wildman–Crippen LogP) is 4.89. The average molecular weight is 468 g/mol. The van der Waals surface area contributed by atoms with E-state index in [0.717, 1.165) is 39.6 Å².